The number of rotatable bonds is 4. The lowest BCUT2D eigenvalue weighted by Gasteiger charge is -2.29. The maximum atomic E-state index is 10.4. The Bertz CT molecular complexity index is 148. The van der Waals surface area contributed by atoms with Crippen LogP contribution >= 0.6 is 0 Å². The van der Waals surface area contributed by atoms with Crippen LogP contribution in [-0.4, -0.2) is 22.4 Å². The Morgan fingerprint density at radius 1 is 1.14 bits per heavy atom. The van der Waals surface area contributed by atoms with Gasteiger partial charge in [-0.1, -0.05) is 32.6 Å². The van der Waals surface area contributed by atoms with E-state index in [0.29, 0.717) is 5.92 Å². The van der Waals surface area contributed by atoms with Gasteiger partial charge in [-0.05, 0) is 31.6 Å². The lowest BCUT2D eigenvalue weighted by atomic mass is 9.84. The third kappa shape index (κ3) is 3.97. The van der Waals surface area contributed by atoms with Crippen LogP contribution in [0.15, 0.2) is 0 Å². The normalized spacial score (nSPS) is 24.2. The average Bonchev–Trinajstić information content (AvgIpc) is 2.30. The van der Waals surface area contributed by atoms with E-state index >= 15 is 0 Å². The fourth-order valence-corrected chi connectivity index (χ4v) is 2.56. The Balaban J connectivity index is 2.37. The Hall–Kier alpha value is -0.0800. The summed E-state index contributed by atoms with van der Waals surface area (Å²) >= 11 is 0. The summed E-state index contributed by atoms with van der Waals surface area (Å²) in [7, 11) is 0. The molecule has 1 rings (SSSR count). The van der Waals surface area contributed by atoms with Crippen molar-refractivity contribution < 1.29 is 10.2 Å². The van der Waals surface area contributed by atoms with Crippen LogP contribution in [0.25, 0.3) is 0 Å². The van der Waals surface area contributed by atoms with Gasteiger partial charge in [0.15, 0.2) is 0 Å². The van der Waals surface area contributed by atoms with E-state index in [1.807, 2.05) is 0 Å². The molecular weight excluding hydrogens is 176 g/mol. The Morgan fingerprint density at radius 3 is 2.21 bits per heavy atom. The summed E-state index contributed by atoms with van der Waals surface area (Å²) in [6.45, 7) is 2.37. The first-order valence-electron chi connectivity index (χ1n) is 5.99. The van der Waals surface area contributed by atoms with Gasteiger partial charge in [0.05, 0.1) is 5.60 Å². The number of hydrogen-bond acceptors (Lipinski definition) is 2. The van der Waals surface area contributed by atoms with E-state index < -0.39 is 5.60 Å². The van der Waals surface area contributed by atoms with Gasteiger partial charge in [-0.15, -0.1) is 0 Å². The summed E-state index contributed by atoms with van der Waals surface area (Å²) in [6, 6.07) is 0. The van der Waals surface area contributed by atoms with Gasteiger partial charge in [0.25, 0.3) is 0 Å². The van der Waals surface area contributed by atoms with Crippen molar-refractivity contribution in [3.05, 3.63) is 0 Å². The quantitative estimate of drug-likeness (QED) is 0.684. The molecular formula is C12H24O2. The van der Waals surface area contributed by atoms with Crippen LogP contribution in [0.4, 0.5) is 0 Å². The zero-order valence-electron chi connectivity index (χ0n) is 9.34. The summed E-state index contributed by atoms with van der Waals surface area (Å²) in [5.74, 6) is 0.447. The van der Waals surface area contributed by atoms with Crippen molar-refractivity contribution in [2.24, 2.45) is 5.92 Å². The smallest absolute Gasteiger partial charge is 0.0650 e. The molecule has 0 spiro atoms. The minimum atomic E-state index is -0.426. The highest BCUT2D eigenvalue weighted by Gasteiger charge is 2.29. The van der Waals surface area contributed by atoms with Crippen molar-refractivity contribution in [2.75, 3.05) is 6.61 Å². The molecule has 14 heavy (non-hydrogen) atoms. The van der Waals surface area contributed by atoms with Gasteiger partial charge in [-0.3, -0.25) is 0 Å². The van der Waals surface area contributed by atoms with E-state index in [-0.39, 0.29) is 6.61 Å². The van der Waals surface area contributed by atoms with Crippen LogP contribution < -0.4 is 0 Å². The van der Waals surface area contributed by atoms with Crippen LogP contribution in [0, 0.1) is 5.92 Å². The highest BCUT2D eigenvalue weighted by atomic mass is 16.3. The van der Waals surface area contributed by atoms with Gasteiger partial charge in [0, 0.05) is 6.61 Å². The predicted molar refractivity (Wildman–Crippen MR) is 58.1 cm³/mol. The molecule has 1 aliphatic carbocycles. The lowest BCUT2D eigenvalue weighted by molar-refractivity contribution is 0.000620. The van der Waals surface area contributed by atoms with Gasteiger partial charge >= 0.3 is 0 Å². The molecule has 0 saturated heterocycles. The summed E-state index contributed by atoms with van der Waals surface area (Å²) in [6.07, 6.45) is 8.50. The maximum Gasteiger partial charge on any atom is 0.0650 e. The molecule has 84 valence electrons. The van der Waals surface area contributed by atoms with Crippen molar-refractivity contribution in [3.8, 4) is 0 Å². The molecule has 0 aromatic carbocycles. The number of aliphatic hydroxyl groups excluding tert-OH is 1. The summed E-state index contributed by atoms with van der Waals surface area (Å²) in [5, 5.41) is 19.2. The highest BCUT2D eigenvalue weighted by molar-refractivity contribution is 4.82. The fraction of sp³-hybridized carbons (Fsp3) is 1.00. The Morgan fingerprint density at radius 2 is 1.71 bits per heavy atom. The molecule has 0 aromatic rings. The molecule has 2 heteroatoms. The van der Waals surface area contributed by atoms with Gasteiger partial charge in [0.1, 0.15) is 0 Å². The minimum absolute atomic E-state index is 0.247. The monoisotopic (exact) mass is 200 g/mol. The largest absolute Gasteiger partial charge is 0.396 e. The SMILES string of the molecule is CC(CCO)CC1(O)CCCCCC1. The van der Waals surface area contributed by atoms with E-state index in [2.05, 4.69) is 6.92 Å². The predicted octanol–water partition coefficient (Wildman–Crippen LogP) is 2.48. The van der Waals surface area contributed by atoms with E-state index in [0.717, 1.165) is 25.7 Å². The molecule has 0 radical (unpaired) electrons. The molecule has 1 fully saturated rings. The molecule has 2 N–H and O–H groups in total. The molecule has 1 saturated carbocycles. The second-order valence-electron chi connectivity index (χ2n) is 4.96. The van der Waals surface area contributed by atoms with Crippen LogP contribution in [0.1, 0.15) is 58.3 Å². The minimum Gasteiger partial charge on any atom is -0.396 e. The topological polar surface area (TPSA) is 40.5 Å². The van der Waals surface area contributed by atoms with Crippen molar-refractivity contribution >= 4 is 0 Å². The fourth-order valence-electron chi connectivity index (χ4n) is 2.56. The van der Waals surface area contributed by atoms with Crippen molar-refractivity contribution in [1.29, 1.82) is 0 Å². The first-order chi connectivity index (χ1) is 6.66. The zero-order valence-corrected chi connectivity index (χ0v) is 9.34. The summed E-state index contributed by atoms with van der Waals surface area (Å²) < 4.78 is 0. The first-order valence-corrected chi connectivity index (χ1v) is 5.99. The maximum absolute atomic E-state index is 10.4. The van der Waals surface area contributed by atoms with Crippen LogP contribution in [0.5, 0.6) is 0 Å². The summed E-state index contributed by atoms with van der Waals surface area (Å²) in [4.78, 5) is 0. The Labute approximate surface area is 87.3 Å². The molecule has 0 heterocycles. The highest BCUT2D eigenvalue weighted by Crippen LogP contribution is 2.32. The molecule has 1 aliphatic rings. The number of aliphatic hydroxyl groups is 2. The third-order valence-corrected chi connectivity index (χ3v) is 3.38. The van der Waals surface area contributed by atoms with Crippen LogP contribution in [-0.2, 0) is 0 Å². The molecule has 0 bridgehead atoms. The molecule has 0 amide bonds. The van der Waals surface area contributed by atoms with E-state index in [1.165, 1.54) is 25.7 Å². The van der Waals surface area contributed by atoms with Crippen molar-refractivity contribution in [3.63, 3.8) is 0 Å². The van der Waals surface area contributed by atoms with Gasteiger partial charge in [-0.25, -0.2) is 0 Å². The van der Waals surface area contributed by atoms with E-state index in [4.69, 9.17) is 5.11 Å². The lowest BCUT2D eigenvalue weighted by Crippen LogP contribution is -2.30. The molecule has 0 aromatic heterocycles. The second-order valence-corrected chi connectivity index (χ2v) is 4.96. The molecule has 2 nitrogen and oxygen atoms in total. The summed E-state index contributed by atoms with van der Waals surface area (Å²) in [5.41, 5.74) is -0.426. The standard InChI is InChI=1S/C12H24O2/c1-11(6-9-13)10-12(14)7-4-2-3-5-8-12/h11,13-14H,2-10H2,1H3. The van der Waals surface area contributed by atoms with E-state index in [1.54, 1.807) is 0 Å². The second kappa shape index (κ2) is 5.72. The molecule has 0 aliphatic heterocycles. The van der Waals surface area contributed by atoms with Gasteiger partial charge in [0.2, 0.25) is 0 Å². The third-order valence-electron chi connectivity index (χ3n) is 3.38. The zero-order chi connectivity index (χ0) is 10.4. The van der Waals surface area contributed by atoms with Crippen molar-refractivity contribution in [1.82, 2.24) is 0 Å². The van der Waals surface area contributed by atoms with E-state index in [9.17, 15) is 5.11 Å². The van der Waals surface area contributed by atoms with Crippen LogP contribution in [0.3, 0.4) is 0 Å². The van der Waals surface area contributed by atoms with Gasteiger partial charge in [-0.2, -0.15) is 0 Å². The van der Waals surface area contributed by atoms with Gasteiger partial charge < -0.3 is 10.2 Å². The van der Waals surface area contributed by atoms with Crippen LogP contribution in [0.2, 0.25) is 0 Å². The number of hydrogen-bond donors (Lipinski definition) is 2. The molecule has 1 unspecified atom stereocenters. The Kier molecular flexibility index (Phi) is 4.90. The molecule has 1 atom stereocenters. The first kappa shape index (κ1) is 12.0. The van der Waals surface area contributed by atoms with Crippen molar-refractivity contribution in [2.45, 2.75) is 63.9 Å². The average molecular weight is 200 g/mol.